The van der Waals surface area contributed by atoms with Crippen LogP contribution in [0, 0.1) is 6.92 Å². The monoisotopic (exact) mass is 307 g/mol. The number of aromatic amines is 1. The lowest BCUT2D eigenvalue weighted by molar-refractivity contribution is 0.0666. The predicted molar refractivity (Wildman–Crippen MR) is 86.0 cm³/mol. The molecule has 1 aliphatic heterocycles. The van der Waals surface area contributed by atoms with Gasteiger partial charge in [0, 0.05) is 25.1 Å². The lowest BCUT2D eigenvalue weighted by atomic mass is 9.95. The van der Waals surface area contributed by atoms with Gasteiger partial charge < -0.3 is 9.88 Å². The largest absolute Gasteiger partial charge is 0.333 e. The molecule has 0 saturated heterocycles. The number of hydrogen-bond donors (Lipinski definition) is 1. The molecular weight excluding hydrogens is 290 g/mol. The van der Waals surface area contributed by atoms with Gasteiger partial charge in [0.05, 0.1) is 23.3 Å². The Hall–Kier alpha value is -2.76. The van der Waals surface area contributed by atoms with Gasteiger partial charge in [-0.3, -0.25) is 14.8 Å². The number of fused-ring (bicyclic) bond motifs is 2. The van der Waals surface area contributed by atoms with Crippen molar-refractivity contribution in [1.82, 2.24) is 24.8 Å². The van der Waals surface area contributed by atoms with Crippen molar-refractivity contribution in [2.24, 2.45) is 0 Å². The number of carbonyl (C=O) groups excluding carboxylic acids is 1. The molecule has 116 valence electrons. The van der Waals surface area contributed by atoms with Crippen molar-refractivity contribution in [3.05, 3.63) is 53.4 Å². The number of rotatable bonds is 1. The fourth-order valence-electron chi connectivity index (χ4n) is 3.24. The van der Waals surface area contributed by atoms with Crippen molar-refractivity contribution in [3.8, 4) is 0 Å². The summed E-state index contributed by atoms with van der Waals surface area (Å²) in [6, 6.07) is 2.01. The quantitative estimate of drug-likeness (QED) is 0.749. The number of aromatic nitrogens is 4. The number of hydrogen-bond acceptors (Lipinski definition) is 4. The predicted octanol–water partition coefficient (Wildman–Crippen LogP) is 2.42. The van der Waals surface area contributed by atoms with E-state index in [-0.39, 0.29) is 11.9 Å². The fraction of sp³-hybridized carbons (Fsp3) is 0.294. The molecule has 0 spiro atoms. The van der Waals surface area contributed by atoms with Crippen LogP contribution < -0.4 is 0 Å². The highest BCUT2D eigenvalue weighted by molar-refractivity contribution is 5.95. The van der Waals surface area contributed by atoms with E-state index in [9.17, 15) is 4.79 Å². The van der Waals surface area contributed by atoms with Crippen LogP contribution in [0.4, 0.5) is 0 Å². The first kappa shape index (κ1) is 13.9. The molecule has 4 heterocycles. The molecule has 3 aromatic rings. The number of nitrogens with one attached hydrogen (secondary N) is 1. The van der Waals surface area contributed by atoms with Crippen LogP contribution in [-0.4, -0.2) is 37.3 Å². The summed E-state index contributed by atoms with van der Waals surface area (Å²) in [5.41, 5.74) is 4.93. The molecule has 0 saturated carbocycles. The van der Waals surface area contributed by atoms with E-state index < -0.39 is 0 Å². The maximum absolute atomic E-state index is 12.9. The maximum atomic E-state index is 12.9. The zero-order valence-electron chi connectivity index (χ0n) is 13.1. The number of imidazole rings is 1. The first-order valence-corrected chi connectivity index (χ1v) is 7.69. The molecule has 0 bridgehead atoms. The zero-order valence-corrected chi connectivity index (χ0v) is 13.1. The third-order valence-electron chi connectivity index (χ3n) is 4.52. The molecule has 1 unspecified atom stereocenters. The smallest absolute Gasteiger partial charge is 0.290 e. The number of nitrogens with zero attached hydrogens (tertiary/aromatic N) is 4. The molecular formula is C17H17N5O. The third kappa shape index (κ3) is 2.18. The van der Waals surface area contributed by atoms with E-state index in [4.69, 9.17) is 0 Å². The first-order chi connectivity index (χ1) is 11.1. The number of pyridine rings is 2. The molecule has 1 atom stereocenters. The van der Waals surface area contributed by atoms with E-state index in [0.717, 1.165) is 28.6 Å². The van der Waals surface area contributed by atoms with E-state index in [1.54, 1.807) is 18.6 Å². The Morgan fingerprint density at radius 2 is 2.17 bits per heavy atom. The lowest BCUT2D eigenvalue weighted by Gasteiger charge is -2.34. The van der Waals surface area contributed by atoms with Crippen LogP contribution in [0.1, 0.15) is 40.3 Å². The first-order valence-electron chi connectivity index (χ1n) is 7.69. The molecule has 23 heavy (non-hydrogen) atoms. The van der Waals surface area contributed by atoms with E-state index in [1.807, 2.05) is 31.0 Å². The van der Waals surface area contributed by atoms with Crippen LogP contribution >= 0.6 is 0 Å². The molecule has 0 radical (unpaired) electrons. The number of H-pyrrole nitrogens is 1. The highest BCUT2D eigenvalue weighted by Crippen LogP contribution is 2.29. The lowest BCUT2D eigenvalue weighted by Crippen LogP contribution is -2.39. The highest BCUT2D eigenvalue weighted by atomic mass is 16.2. The topological polar surface area (TPSA) is 74.8 Å². The van der Waals surface area contributed by atoms with E-state index in [1.165, 1.54) is 5.56 Å². The number of amides is 1. The second kappa shape index (κ2) is 5.15. The Morgan fingerprint density at radius 1 is 1.30 bits per heavy atom. The van der Waals surface area contributed by atoms with Gasteiger partial charge >= 0.3 is 0 Å². The van der Waals surface area contributed by atoms with Gasteiger partial charge in [0.2, 0.25) is 0 Å². The summed E-state index contributed by atoms with van der Waals surface area (Å²) in [7, 11) is 0. The second-order valence-electron chi connectivity index (χ2n) is 5.94. The summed E-state index contributed by atoms with van der Waals surface area (Å²) in [5.74, 6) is 0.302. The minimum Gasteiger partial charge on any atom is -0.333 e. The van der Waals surface area contributed by atoms with Gasteiger partial charge in [-0.1, -0.05) is 0 Å². The number of carbonyl (C=O) groups is 1. The molecule has 1 amide bonds. The van der Waals surface area contributed by atoms with Gasteiger partial charge in [0.15, 0.2) is 5.82 Å². The summed E-state index contributed by atoms with van der Waals surface area (Å²) in [6.45, 7) is 4.66. The molecule has 6 nitrogen and oxygen atoms in total. The van der Waals surface area contributed by atoms with Crippen molar-refractivity contribution in [2.75, 3.05) is 6.54 Å². The summed E-state index contributed by atoms with van der Waals surface area (Å²) in [4.78, 5) is 30.6. The Bertz CT molecular complexity index is 901. The SMILES string of the molecule is Cc1cncc2[nH]c(C(=O)N3CCc4cnccc4C3C)nc12. The minimum absolute atomic E-state index is 0.0154. The van der Waals surface area contributed by atoms with E-state index >= 15 is 0 Å². The summed E-state index contributed by atoms with van der Waals surface area (Å²) in [5, 5.41) is 0. The van der Waals surface area contributed by atoms with Crippen LogP contribution in [0.5, 0.6) is 0 Å². The van der Waals surface area contributed by atoms with E-state index in [2.05, 4.69) is 19.9 Å². The third-order valence-corrected chi connectivity index (χ3v) is 4.52. The summed E-state index contributed by atoms with van der Waals surface area (Å²) < 4.78 is 0. The van der Waals surface area contributed by atoms with Gasteiger partial charge in [-0.25, -0.2) is 4.98 Å². The molecule has 3 aromatic heterocycles. The van der Waals surface area contributed by atoms with Gasteiger partial charge in [0.1, 0.15) is 0 Å². The molecule has 0 aromatic carbocycles. The van der Waals surface area contributed by atoms with Crippen LogP contribution in [0.3, 0.4) is 0 Å². The van der Waals surface area contributed by atoms with Gasteiger partial charge in [-0.2, -0.15) is 0 Å². The average Bonchev–Trinajstić information content (AvgIpc) is 3.01. The zero-order chi connectivity index (χ0) is 16.0. The second-order valence-corrected chi connectivity index (χ2v) is 5.94. The van der Waals surface area contributed by atoms with Crippen molar-refractivity contribution in [1.29, 1.82) is 0 Å². The Kier molecular flexibility index (Phi) is 3.11. The van der Waals surface area contributed by atoms with E-state index in [0.29, 0.717) is 12.4 Å². The van der Waals surface area contributed by atoms with Gasteiger partial charge in [-0.15, -0.1) is 0 Å². The summed E-state index contributed by atoms with van der Waals surface area (Å²) >= 11 is 0. The highest BCUT2D eigenvalue weighted by Gasteiger charge is 2.29. The number of aryl methyl sites for hydroxylation is 1. The Labute approximate surface area is 133 Å². The Balaban J connectivity index is 1.70. The van der Waals surface area contributed by atoms with Crippen molar-refractivity contribution < 1.29 is 4.79 Å². The normalized spacial score (nSPS) is 17.3. The van der Waals surface area contributed by atoms with Crippen molar-refractivity contribution in [3.63, 3.8) is 0 Å². The average molecular weight is 307 g/mol. The fourth-order valence-corrected chi connectivity index (χ4v) is 3.24. The van der Waals surface area contributed by atoms with Crippen LogP contribution in [-0.2, 0) is 6.42 Å². The van der Waals surface area contributed by atoms with Crippen LogP contribution in [0.25, 0.3) is 11.0 Å². The van der Waals surface area contributed by atoms with Gasteiger partial charge in [-0.05, 0) is 43.0 Å². The molecule has 1 N–H and O–H groups in total. The van der Waals surface area contributed by atoms with Crippen molar-refractivity contribution in [2.45, 2.75) is 26.3 Å². The van der Waals surface area contributed by atoms with Crippen LogP contribution in [0.2, 0.25) is 0 Å². The molecule has 0 fully saturated rings. The van der Waals surface area contributed by atoms with Crippen LogP contribution in [0.15, 0.2) is 30.9 Å². The molecule has 4 rings (SSSR count). The summed E-state index contributed by atoms with van der Waals surface area (Å²) in [6.07, 6.45) is 7.94. The molecule has 6 heteroatoms. The maximum Gasteiger partial charge on any atom is 0.290 e. The molecule has 1 aliphatic rings. The standard InChI is InChI=1S/C17H17N5O/c1-10-7-19-9-14-15(10)21-16(20-14)17(23)22-6-4-12-8-18-5-3-13(12)11(22)2/h3,5,7-9,11H,4,6H2,1-2H3,(H,20,21). The van der Waals surface area contributed by atoms with Crippen molar-refractivity contribution >= 4 is 16.9 Å². The Morgan fingerprint density at radius 3 is 3.00 bits per heavy atom. The molecule has 0 aliphatic carbocycles. The minimum atomic E-state index is -0.0736. The van der Waals surface area contributed by atoms with Gasteiger partial charge in [0.25, 0.3) is 5.91 Å².